The number of halogens is 1. The van der Waals surface area contributed by atoms with Gasteiger partial charge in [-0.15, -0.1) is 0 Å². The molecular formula is C15H15FN2O. The van der Waals surface area contributed by atoms with Crippen LogP contribution in [0.15, 0.2) is 42.5 Å². The highest BCUT2D eigenvalue weighted by molar-refractivity contribution is 5.57. The van der Waals surface area contributed by atoms with Crippen LogP contribution < -0.4 is 15.4 Å². The summed E-state index contributed by atoms with van der Waals surface area (Å²) in [6.45, 7) is 1.98. The van der Waals surface area contributed by atoms with Crippen LogP contribution in [0.1, 0.15) is 5.56 Å². The normalized spacial score (nSPS) is 14.5. The van der Waals surface area contributed by atoms with Crippen LogP contribution in [0.2, 0.25) is 0 Å². The lowest BCUT2D eigenvalue weighted by atomic mass is 10.1. The number of para-hydroxylation sites is 1. The second-order valence-corrected chi connectivity index (χ2v) is 4.62. The van der Waals surface area contributed by atoms with Crippen molar-refractivity contribution >= 4 is 11.4 Å². The van der Waals surface area contributed by atoms with E-state index in [4.69, 9.17) is 10.5 Å². The number of nitrogen functional groups attached to an aromatic ring is 1. The first-order chi connectivity index (χ1) is 9.22. The Morgan fingerprint density at radius 1 is 1.16 bits per heavy atom. The van der Waals surface area contributed by atoms with E-state index in [0.29, 0.717) is 25.4 Å². The minimum absolute atomic E-state index is 0.312. The summed E-state index contributed by atoms with van der Waals surface area (Å²) < 4.78 is 19.1. The van der Waals surface area contributed by atoms with E-state index >= 15 is 0 Å². The minimum atomic E-state index is -0.312. The predicted molar refractivity (Wildman–Crippen MR) is 73.8 cm³/mol. The van der Waals surface area contributed by atoms with E-state index in [2.05, 4.69) is 4.90 Å². The van der Waals surface area contributed by atoms with Gasteiger partial charge in [0.15, 0.2) is 0 Å². The Bertz CT molecular complexity index is 580. The van der Waals surface area contributed by atoms with Crippen LogP contribution in [0.4, 0.5) is 15.8 Å². The first-order valence-electron chi connectivity index (χ1n) is 6.24. The largest absolute Gasteiger partial charge is 0.491 e. The highest BCUT2D eigenvalue weighted by Crippen LogP contribution is 2.27. The molecule has 0 unspecified atom stereocenters. The molecule has 0 aliphatic carbocycles. The van der Waals surface area contributed by atoms with Crippen LogP contribution >= 0.6 is 0 Å². The fraction of sp³-hybridized carbons (Fsp3) is 0.200. The molecule has 0 bridgehead atoms. The second kappa shape index (κ2) is 4.80. The van der Waals surface area contributed by atoms with Crippen LogP contribution in [0.3, 0.4) is 0 Å². The van der Waals surface area contributed by atoms with E-state index in [1.54, 1.807) is 6.07 Å². The van der Waals surface area contributed by atoms with Crippen molar-refractivity contribution in [1.29, 1.82) is 0 Å². The Morgan fingerprint density at radius 3 is 2.84 bits per heavy atom. The molecule has 1 aliphatic rings. The second-order valence-electron chi connectivity index (χ2n) is 4.62. The van der Waals surface area contributed by atoms with E-state index < -0.39 is 0 Å². The van der Waals surface area contributed by atoms with Gasteiger partial charge in [-0.05, 0) is 24.3 Å². The Morgan fingerprint density at radius 2 is 2.00 bits per heavy atom. The van der Waals surface area contributed by atoms with Gasteiger partial charge in [0.2, 0.25) is 0 Å². The fourth-order valence-corrected chi connectivity index (χ4v) is 2.32. The third-order valence-electron chi connectivity index (χ3n) is 3.22. The van der Waals surface area contributed by atoms with Crippen LogP contribution in [0, 0.1) is 5.82 Å². The fourth-order valence-electron chi connectivity index (χ4n) is 2.32. The number of rotatable bonds is 1. The molecule has 2 aromatic rings. The van der Waals surface area contributed by atoms with Gasteiger partial charge in [0.05, 0.1) is 6.54 Å². The number of benzene rings is 2. The third kappa shape index (κ3) is 2.47. The van der Waals surface area contributed by atoms with Gasteiger partial charge >= 0.3 is 0 Å². The van der Waals surface area contributed by atoms with Crippen molar-refractivity contribution in [3.05, 3.63) is 53.8 Å². The Kier molecular flexibility index (Phi) is 2.99. The molecule has 0 saturated carbocycles. The lowest BCUT2D eigenvalue weighted by molar-refractivity contribution is 0.331. The average Bonchev–Trinajstić information content (AvgIpc) is 2.59. The SMILES string of the molecule is Nc1cc(F)cc(N2CCOc3ccccc3C2)c1. The molecule has 1 heterocycles. The van der Waals surface area contributed by atoms with Gasteiger partial charge < -0.3 is 15.4 Å². The van der Waals surface area contributed by atoms with Gasteiger partial charge in [-0.1, -0.05) is 18.2 Å². The molecule has 0 amide bonds. The molecule has 0 radical (unpaired) electrons. The van der Waals surface area contributed by atoms with Crippen LogP contribution in [-0.4, -0.2) is 13.2 Å². The number of ether oxygens (including phenoxy) is 1. The minimum Gasteiger partial charge on any atom is -0.491 e. The Labute approximate surface area is 111 Å². The predicted octanol–water partition coefficient (Wildman–Crippen LogP) is 2.81. The van der Waals surface area contributed by atoms with Crippen molar-refractivity contribution in [2.24, 2.45) is 0 Å². The highest BCUT2D eigenvalue weighted by atomic mass is 19.1. The molecule has 4 heteroatoms. The maximum atomic E-state index is 13.4. The number of hydrogen-bond acceptors (Lipinski definition) is 3. The van der Waals surface area contributed by atoms with Gasteiger partial charge in [-0.25, -0.2) is 4.39 Å². The maximum Gasteiger partial charge on any atom is 0.127 e. The summed E-state index contributed by atoms with van der Waals surface area (Å²) >= 11 is 0. The first-order valence-corrected chi connectivity index (χ1v) is 6.24. The first kappa shape index (κ1) is 11.8. The molecule has 0 saturated heterocycles. The number of hydrogen-bond donors (Lipinski definition) is 1. The summed E-state index contributed by atoms with van der Waals surface area (Å²) in [5, 5.41) is 0. The van der Waals surface area contributed by atoms with Gasteiger partial charge in [-0.2, -0.15) is 0 Å². The summed E-state index contributed by atoms with van der Waals surface area (Å²) in [5.74, 6) is 0.586. The Balaban J connectivity index is 1.94. The lowest BCUT2D eigenvalue weighted by Crippen LogP contribution is -2.25. The third-order valence-corrected chi connectivity index (χ3v) is 3.22. The van der Waals surface area contributed by atoms with Crippen molar-refractivity contribution in [2.75, 3.05) is 23.8 Å². The van der Waals surface area contributed by atoms with Crippen LogP contribution in [-0.2, 0) is 6.54 Å². The molecule has 2 N–H and O–H groups in total. The van der Waals surface area contributed by atoms with Crippen LogP contribution in [0.5, 0.6) is 5.75 Å². The molecule has 3 nitrogen and oxygen atoms in total. The monoisotopic (exact) mass is 258 g/mol. The quantitative estimate of drug-likeness (QED) is 0.799. The van der Waals surface area contributed by atoms with Crippen molar-refractivity contribution < 1.29 is 9.13 Å². The zero-order valence-corrected chi connectivity index (χ0v) is 10.5. The summed E-state index contributed by atoms with van der Waals surface area (Å²) in [7, 11) is 0. The van der Waals surface area contributed by atoms with E-state index in [1.807, 2.05) is 24.3 Å². The van der Waals surface area contributed by atoms with E-state index in [1.165, 1.54) is 12.1 Å². The number of nitrogens with zero attached hydrogens (tertiary/aromatic N) is 1. The topological polar surface area (TPSA) is 38.5 Å². The van der Waals surface area contributed by atoms with E-state index in [9.17, 15) is 4.39 Å². The van der Waals surface area contributed by atoms with Gasteiger partial charge in [0.1, 0.15) is 18.2 Å². The highest BCUT2D eigenvalue weighted by Gasteiger charge is 2.16. The summed E-state index contributed by atoms with van der Waals surface area (Å²) in [5.41, 5.74) is 8.03. The molecule has 0 aromatic heterocycles. The van der Waals surface area contributed by atoms with Crippen molar-refractivity contribution in [3.63, 3.8) is 0 Å². The molecule has 19 heavy (non-hydrogen) atoms. The van der Waals surface area contributed by atoms with Crippen molar-refractivity contribution in [2.45, 2.75) is 6.54 Å². The number of fused-ring (bicyclic) bond motifs is 1. The molecule has 98 valence electrons. The number of nitrogens with two attached hydrogens (primary N) is 1. The molecule has 0 spiro atoms. The maximum absolute atomic E-state index is 13.4. The summed E-state index contributed by atoms with van der Waals surface area (Å²) in [4.78, 5) is 2.07. The zero-order valence-electron chi connectivity index (χ0n) is 10.5. The Hall–Kier alpha value is -2.23. The zero-order chi connectivity index (χ0) is 13.2. The molecule has 0 atom stereocenters. The van der Waals surface area contributed by atoms with E-state index in [0.717, 1.165) is 17.0 Å². The standard InChI is InChI=1S/C15H15FN2O/c16-12-7-13(17)9-14(8-12)18-5-6-19-15-4-2-1-3-11(15)10-18/h1-4,7-9H,5-6,10,17H2. The smallest absolute Gasteiger partial charge is 0.127 e. The van der Waals surface area contributed by atoms with E-state index in [-0.39, 0.29) is 5.82 Å². The molecule has 1 aliphatic heterocycles. The van der Waals surface area contributed by atoms with Gasteiger partial charge in [0, 0.05) is 23.5 Å². The molecule has 3 rings (SSSR count). The van der Waals surface area contributed by atoms with Gasteiger partial charge in [-0.3, -0.25) is 0 Å². The molecule has 0 fully saturated rings. The van der Waals surface area contributed by atoms with Crippen molar-refractivity contribution in [1.82, 2.24) is 0 Å². The average molecular weight is 258 g/mol. The summed E-state index contributed by atoms with van der Waals surface area (Å²) in [6.07, 6.45) is 0. The number of anilines is 2. The summed E-state index contributed by atoms with van der Waals surface area (Å²) in [6, 6.07) is 12.5. The van der Waals surface area contributed by atoms with Gasteiger partial charge in [0.25, 0.3) is 0 Å². The van der Waals surface area contributed by atoms with Crippen LogP contribution in [0.25, 0.3) is 0 Å². The molecular weight excluding hydrogens is 243 g/mol. The lowest BCUT2D eigenvalue weighted by Gasteiger charge is -2.22. The molecule has 2 aromatic carbocycles. The van der Waals surface area contributed by atoms with Crippen molar-refractivity contribution in [3.8, 4) is 5.75 Å².